The van der Waals surface area contributed by atoms with Crippen LogP contribution in [-0.2, 0) is 14.3 Å². The van der Waals surface area contributed by atoms with E-state index in [0.29, 0.717) is 11.6 Å². The van der Waals surface area contributed by atoms with Crippen LogP contribution in [0, 0.1) is 0 Å². The number of carbonyl (C=O) groups excluding carboxylic acids is 1. The van der Waals surface area contributed by atoms with Gasteiger partial charge in [0, 0.05) is 5.02 Å². The van der Waals surface area contributed by atoms with E-state index in [1.807, 2.05) is 12.1 Å². The highest BCUT2D eigenvalue weighted by Crippen LogP contribution is 2.28. The van der Waals surface area contributed by atoms with E-state index in [9.17, 15) is 4.79 Å². The van der Waals surface area contributed by atoms with Gasteiger partial charge in [0.25, 0.3) is 0 Å². The first-order valence-electron chi connectivity index (χ1n) is 5.31. The quantitative estimate of drug-likeness (QED) is 0.777. The van der Waals surface area contributed by atoms with Crippen molar-refractivity contribution in [1.82, 2.24) is 0 Å². The fraction of sp³-hybridized carbons (Fsp3) is 0.333. The van der Waals surface area contributed by atoms with E-state index in [0.717, 1.165) is 5.56 Å². The summed E-state index contributed by atoms with van der Waals surface area (Å²) in [5.74, 6) is -0.374. The summed E-state index contributed by atoms with van der Waals surface area (Å²) in [6.07, 6.45) is 0.868. The number of carbonyl (C=O) groups is 1. The summed E-state index contributed by atoms with van der Waals surface area (Å²) in [5, 5.41) is 0.639. The van der Waals surface area contributed by atoms with Gasteiger partial charge >= 0.3 is 5.97 Å². The molecule has 0 saturated heterocycles. The van der Waals surface area contributed by atoms with Crippen molar-refractivity contribution in [1.29, 1.82) is 0 Å². The molecule has 2 atom stereocenters. The zero-order chi connectivity index (χ0) is 12.3. The van der Waals surface area contributed by atoms with Crippen LogP contribution >= 0.6 is 11.6 Å². The summed E-state index contributed by atoms with van der Waals surface area (Å²) in [5.41, 5.74) is 0.852. The Morgan fingerprint density at radius 1 is 1.47 bits per heavy atom. The predicted octanol–water partition coefficient (Wildman–Crippen LogP) is 2.37. The summed E-state index contributed by atoms with van der Waals surface area (Å²) in [4.78, 5) is 15.6. The monoisotopic (exact) mass is 253 g/mol. The highest BCUT2D eigenvalue weighted by molar-refractivity contribution is 6.30. The van der Waals surface area contributed by atoms with Crippen LogP contribution in [-0.4, -0.2) is 25.0 Å². The van der Waals surface area contributed by atoms with Crippen molar-refractivity contribution in [3.05, 3.63) is 34.9 Å². The van der Waals surface area contributed by atoms with Crippen LogP contribution < -0.4 is 0 Å². The second-order valence-electron chi connectivity index (χ2n) is 3.56. The van der Waals surface area contributed by atoms with Crippen LogP contribution in [0.3, 0.4) is 0 Å². The molecule has 0 amide bonds. The van der Waals surface area contributed by atoms with Crippen molar-refractivity contribution < 1.29 is 14.3 Å². The van der Waals surface area contributed by atoms with Gasteiger partial charge in [-0.3, -0.25) is 0 Å². The Bertz CT molecular complexity index is 430. The molecule has 0 spiro atoms. The normalized spacial score (nSPS) is 22.2. The lowest BCUT2D eigenvalue weighted by Gasteiger charge is -2.16. The van der Waals surface area contributed by atoms with Gasteiger partial charge in [-0.05, 0) is 24.6 Å². The number of rotatable bonds is 3. The number of ether oxygens (including phenoxy) is 2. The Kier molecular flexibility index (Phi) is 3.64. The van der Waals surface area contributed by atoms with Gasteiger partial charge in [-0.1, -0.05) is 23.7 Å². The van der Waals surface area contributed by atoms with Gasteiger partial charge in [0.05, 0.1) is 6.61 Å². The molecule has 0 N–H and O–H groups in total. The first-order valence-corrected chi connectivity index (χ1v) is 5.69. The Hall–Kier alpha value is -1.55. The maximum Gasteiger partial charge on any atom is 0.335 e. The average Bonchev–Trinajstić information content (AvgIpc) is 2.79. The van der Waals surface area contributed by atoms with Gasteiger partial charge in [0.2, 0.25) is 0 Å². The molecule has 1 aliphatic rings. The smallest absolute Gasteiger partial charge is 0.335 e. The third-order valence-corrected chi connectivity index (χ3v) is 2.69. The fourth-order valence-corrected chi connectivity index (χ4v) is 1.77. The van der Waals surface area contributed by atoms with Gasteiger partial charge in [-0.25, -0.2) is 9.79 Å². The van der Waals surface area contributed by atoms with Crippen LogP contribution in [0.2, 0.25) is 5.02 Å². The lowest BCUT2D eigenvalue weighted by Crippen LogP contribution is -2.26. The topological polar surface area (TPSA) is 47.9 Å². The highest BCUT2D eigenvalue weighted by atomic mass is 35.5. The molecule has 0 aliphatic carbocycles. The molecular weight excluding hydrogens is 242 g/mol. The van der Waals surface area contributed by atoms with Crippen LogP contribution in [0.1, 0.15) is 18.6 Å². The Morgan fingerprint density at radius 3 is 2.82 bits per heavy atom. The van der Waals surface area contributed by atoms with Gasteiger partial charge in [-0.2, -0.15) is 0 Å². The van der Waals surface area contributed by atoms with Crippen LogP contribution in [0.25, 0.3) is 0 Å². The van der Waals surface area contributed by atoms with E-state index in [-0.39, 0.29) is 5.97 Å². The van der Waals surface area contributed by atoms with Gasteiger partial charge in [-0.15, -0.1) is 0 Å². The highest BCUT2D eigenvalue weighted by Gasteiger charge is 2.34. The van der Waals surface area contributed by atoms with E-state index in [1.54, 1.807) is 19.1 Å². The first-order chi connectivity index (χ1) is 8.22. The number of hydrogen-bond donors (Lipinski definition) is 0. The minimum atomic E-state index is -0.629. The molecule has 0 bridgehead atoms. The maximum atomic E-state index is 11.7. The van der Waals surface area contributed by atoms with Crippen molar-refractivity contribution in [3.8, 4) is 0 Å². The van der Waals surface area contributed by atoms with Crippen molar-refractivity contribution in [2.75, 3.05) is 6.61 Å². The molecular formula is C12H12ClNO3. The molecule has 1 aromatic rings. The van der Waals surface area contributed by atoms with Crippen LogP contribution in [0.5, 0.6) is 0 Å². The zero-order valence-electron chi connectivity index (χ0n) is 9.30. The van der Waals surface area contributed by atoms with E-state index < -0.39 is 12.1 Å². The summed E-state index contributed by atoms with van der Waals surface area (Å²) < 4.78 is 10.3. The second kappa shape index (κ2) is 5.19. The number of esters is 1. The molecule has 5 heteroatoms. The number of benzene rings is 1. The zero-order valence-corrected chi connectivity index (χ0v) is 10.1. The molecule has 90 valence electrons. The van der Waals surface area contributed by atoms with Gasteiger partial charge in [0.1, 0.15) is 0 Å². The third-order valence-electron chi connectivity index (χ3n) is 2.44. The largest absolute Gasteiger partial charge is 0.473 e. The molecule has 1 aromatic carbocycles. The Balaban J connectivity index is 2.15. The van der Waals surface area contributed by atoms with Crippen LogP contribution in [0.15, 0.2) is 29.3 Å². The number of hydrogen-bond acceptors (Lipinski definition) is 4. The summed E-state index contributed by atoms with van der Waals surface area (Å²) in [7, 11) is 0. The van der Waals surface area contributed by atoms with E-state index >= 15 is 0 Å². The van der Waals surface area contributed by atoms with E-state index in [4.69, 9.17) is 21.1 Å². The standard InChI is InChI=1S/C12H12ClNO3/c1-2-16-12(15)10-11(17-7-14-10)8-3-5-9(13)6-4-8/h3-7,10-11H,2H2,1H3/t10-,11?/m1/s1. The van der Waals surface area contributed by atoms with Crippen molar-refractivity contribution in [2.24, 2.45) is 4.99 Å². The summed E-state index contributed by atoms with van der Waals surface area (Å²) in [6, 6.07) is 6.50. The average molecular weight is 254 g/mol. The molecule has 1 heterocycles. The minimum Gasteiger partial charge on any atom is -0.473 e. The predicted molar refractivity (Wildman–Crippen MR) is 64.2 cm³/mol. The third kappa shape index (κ3) is 2.58. The van der Waals surface area contributed by atoms with Crippen molar-refractivity contribution in [3.63, 3.8) is 0 Å². The summed E-state index contributed by atoms with van der Waals surface area (Å²) >= 11 is 5.80. The Morgan fingerprint density at radius 2 is 2.18 bits per heavy atom. The molecule has 0 radical (unpaired) electrons. The molecule has 0 saturated carbocycles. The lowest BCUT2D eigenvalue weighted by molar-refractivity contribution is -0.146. The van der Waals surface area contributed by atoms with E-state index in [1.165, 1.54) is 6.40 Å². The molecule has 2 rings (SSSR count). The van der Waals surface area contributed by atoms with Gasteiger partial charge < -0.3 is 9.47 Å². The maximum absolute atomic E-state index is 11.7. The summed E-state index contributed by atoms with van der Waals surface area (Å²) in [6.45, 7) is 2.09. The minimum absolute atomic E-state index is 0.332. The first kappa shape index (κ1) is 11.9. The van der Waals surface area contributed by atoms with Crippen molar-refractivity contribution >= 4 is 24.0 Å². The van der Waals surface area contributed by atoms with E-state index in [2.05, 4.69) is 4.99 Å². The molecule has 4 nitrogen and oxygen atoms in total. The SMILES string of the molecule is CCOC(=O)[C@@H]1N=COC1c1ccc(Cl)cc1. The second-order valence-corrected chi connectivity index (χ2v) is 4.00. The lowest BCUT2D eigenvalue weighted by atomic mass is 10.0. The number of halogens is 1. The molecule has 1 unspecified atom stereocenters. The molecule has 17 heavy (non-hydrogen) atoms. The van der Waals surface area contributed by atoms with Crippen molar-refractivity contribution in [2.45, 2.75) is 19.1 Å². The van der Waals surface area contributed by atoms with Gasteiger partial charge in [0.15, 0.2) is 18.5 Å². The fourth-order valence-electron chi connectivity index (χ4n) is 1.64. The molecule has 0 aromatic heterocycles. The molecule has 0 fully saturated rings. The number of aliphatic imine (C=N–C) groups is 1. The molecule has 1 aliphatic heterocycles. The Labute approximate surface area is 104 Å². The van der Waals surface area contributed by atoms with Crippen LogP contribution in [0.4, 0.5) is 0 Å². The number of nitrogens with zero attached hydrogens (tertiary/aromatic N) is 1.